The van der Waals surface area contributed by atoms with Gasteiger partial charge >= 0.3 is 12.1 Å². The fourth-order valence-electron chi connectivity index (χ4n) is 2.26. The summed E-state index contributed by atoms with van der Waals surface area (Å²) in [5.74, 6) is -2.07. The van der Waals surface area contributed by atoms with Gasteiger partial charge in [-0.05, 0) is 29.7 Å². The Morgan fingerprint density at radius 1 is 1.18 bits per heavy atom. The molecule has 0 heterocycles. The average Bonchev–Trinajstić information content (AvgIpc) is 2.45. The van der Waals surface area contributed by atoms with E-state index in [9.17, 15) is 22.4 Å². The third-order valence-corrected chi connectivity index (χ3v) is 3.45. The summed E-state index contributed by atoms with van der Waals surface area (Å²) >= 11 is 0. The van der Waals surface area contributed by atoms with E-state index in [4.69, 9.17) is 0 Å². The first-order valence-electron chi connectivity index (χ1n) is 6.69. The van der Waals surface area contributed by atoms with Gasteiger partial charge in [0, 0.05) is 13.5 Å². The van der Waals surface area contributed by atoms with E-state index in [0.29, 0.717) is 18.4 Å². The van der Waals surface area contributed by atoms with Crippen molar-refractivity contribution in [2.75, 3.05) is 14.2 Å². The summed E-state index contributed by atoms with van der Waals surface area (Å²) in [4.78, 5) is 11.7. The van der Waals surface area contributed by atoms with Gasteiger partial charge in [0.15, 0.2) is 0 Å². The molecular weight excluding hydrogens is 304 g/mol. The van der Waals surface area contributed by atoms with E-state index in [1.807, 2.05) is 6.92 Å². The van der Waals surface area contributed by atoms with Crippen LogP contribution in [0, 0.1) is 5.82 Å². The first-order valence-corrected chi connectivity index (χ1v) is 6.69. The molecule has 0 aliphatic rings. The number of carbonyl (C=O) groups is 1. The molecule has 22 heavy (non-hydrogen) atoms. The highest BCUT2D eigenvalue weighted by molar-refractivity contribution is 5.81. The highest BCUT2D eigenvalue weighted by Crippen LogP contribution is 2.38. The molecule has 1 aromatic rings. The fourth-order valence-corrected chi connectivity index (χ4v) is 2.26. The van der Waals surface area contributed by atoms with Crippen LogP contribution in [-0.2, 0) is 27.1 Å². The topological polar surface area (TPSA) is 35.5 Å². The number of ether oxygens (including phenoxy) is 2. The summed E-state index contributed by atoms with van der Waals surface area (Å²) in [7, 11) is 1.66. The van der Waals surface area contributed by atoms with Crippen LogP contribution in [0.15, 0.2) is 18.2 Å². The van der Waals surface area contributed by atoms with Crippen molar-refractivity contribution in [1.82, 2.24) is 0 Å². The largest absolute Gasteiger partial charge is 0.467 e. The van der Waals surface area contributed by atoms with Gasteiger partial charge in [0.2, 0.25) is 0 Å². The van der Waals surface area contributed by atoms with E-state index in [1.165, 1.54) is 12.1 Å². The van der Waals surface area contributed by atoms with Gasteiger partial charge < -0.3 is 9.47 Å². The van der Waals surface area contributed by atoms with Crippen molar-refractivity contribution >= 4 is 5.97 Å². The van der Waals surface area contributed by atoms with E-state index in [0.717, 1.165) is 20.3 Å². The van der Waals surface area contributed by atoms with Gasteiger partial charge in [0.25, 0.3) is 5.60 Å². The van der Waals surface area contributed by atoms with Crippen LogP contribution >= 0.6 is 0 Å². The summed E-state index contributed by atoms with van der Waals surface area (Å²) < 4.78 is 62.3. The van der Waals surface area contributed by atoms with Gasteiger partial charge in [-0.3, -0.25) is 0 Å². The van der Waals surface area contributed by atoms with Crippen LogP contribution < -0.4 is 0 Å². The van der Waals surface area contributed by atoms with E-state index >= 15 is 0 Å². The molecule has 0 saturated heterocycles. The Hall–Kier alpha value is -1.63. The molecule has 0 spiro atoms. The second kappa shape index (κ2) is 7.09. The van der Waals surface area contributed by atoms with E-state index in [2.05, 4.69) is 9.47 Å². The number of carbonyl (C=O) groups excluding carboxylic acids is 1. The number of hydrogen-bond acceptors (Lipinski definition) is 3. The lowest BCUT2D eigenvalue weighted by Gasteiger charge is -2.32. The highest BCUT2D eigenvalue weighted by Gasteiger charge is 2.62. The Kier molecular flexibility index (Phi) is 5.93. The summed E-state index contributed by atoms with van der Waals surface area (Å²) in [6.45, 7) is 1.82. The molecule has 0 bridgehead atoms. The van der Waals surface area contributed by atoms with Crippen molar-refractivity contribution in [1.29, 1.82) is 0 Å². The number of methoxy groups -OCH3 is 2. The molecule has 0 amide bonds. The Balaban J connectivity index is 3.34. The van der Waals surface area contributed by atoms with Gasteiger partial charge in [-0.2, -0.15) is 13.2 Å². The van der Waals surface area contributed by atoms with Gasteiger partial charge in [0.05, 0.1) is 7.11 Å². The Morgan fingerprint density at radius 2 is 1.82 bits per heavy atom. The number of esters is 1. The third-order valence-electron chi connectivity index (χ3n) is 3.45. The summed E-state index contributed by atoms with van der Waals surface area (Å²) in [6.07, 6.45) is -4.71. The quantitative estimate of drug-likeness (QED) is 0.594. The molecule has 0 aliphatic carbocycles. The molecule has 0 aliphatic heterocycles. The molecule has 7 heteroatoms. The standard InChI is InChI=1S/C15H18F4O3/c1-4-5-10-8-12(16)7-6-11(10)9-14(22-3,13(20)21-2)15(17,18)19/h6-8H,4-5,9H2,1-3H3. The molecule has 1 aromatic carbocycles. The van der Waals surface area contributed by atoms with Crippen molar-refractivity contribution in [3.63, 3.8) is 0 Å². The number of alkyl halides is 3. The second-order valence-corrected chi connectivity index (χ2v) is 4.86. The summed E-state index contributed by atoms with van der Waals surface area (Å²) in [6, 6.07) is 3.47. The molecule has 0 radical (unpaired) electrons. The van der Waals surface area contributed by atoms with Crippen molar-refractivity contribution in [2.24, 2.45) is 0 Å². The maximum absolute atomic E-state index is 13.4. The first kappa shape index (κ1) is 18.4. The Morgan fingerprint density at radius 3 is 2.27 bits per heavy atom. The zero-order chi connectivity index (χ0) is 17.0. The van der Waals surface area contributed by atoms with Crippen LogP contribution in [0.25, 0.3) is 0 Å². The predicted octanol–water partition coefficient (Wildman–Crippen LogP) is 3.44. The lowest BCUT2D eigenvalue weighted by Crippen LogP contribution is -2.56. The van der Waals surface area contributed by atoms with Gasteiger partial charge in [-0.15, -0.1) is 0 Å². The van der Waals surface area contributed by atoms with Crippen LogP contribution in [0.5, 0.6) is 0 Å². The van der Waals surface area contributed by atoms with Gasteiger partial charge in [-0.25, -0.2) is 9.18 Å². The fraction of sp³-hybridized carbons (Fsp3) is 0.533. The zero-order valence-corrected chi connectivity index (χ0v) is 12.6. The molecule has 0 aromatic heterocycles. The molecule has 1 atom stereocenters. The lowest BCUT2D eigenvalue weighted by molar-refractivity contribution is -0.269. The minimum atomic E-state index is -4.97. The Bertz CT molecular complexity index is 528. The maximum Gasteiger partial charge on any atom is 0.428 e. The SMILES string of the molecule is CCCc1cc(F)ccc1CC(OC)(C(=O)OC)C(F)(F)F. The third kappa shape index (κ3) is 3.58. The molecule has 0 N–H and O–H groups in total. The minimum Gasteiger partial charge on any atom is -0.467 e. The summed E-state index contributed by atoms with van der Waals surface area (Å²) in [5, 5.41) is 0. The molecule has 0 fully saturated rings. The smallest absolute Gasteiger partial charge is 0.428 e. The molecular formula is C15H18F4O3. The zero-order valence-electron chi connectivity index (χ0n) is 12.6. The van der Waals surface area contributed by atoms with Crippen LogP contribution in [0.4, 0.5) is 17.6 Å². The highest BCUT2D eigenvalue weighted by atomic mass is 19.4. The average molecular weight is 322 g/mol. The normalized spacial score (nSPS) is 14.5. The van der Waals surface area contributed by atoms with Crippen molar-refractivity contribution in [3.05, 3.63) is 35.1 Å². The molecule has 0 saturated carbocycles. The number of benzene rings is 1. The van der Waals surface area contributed by atoms with Crippen LogP contribution in [0.2, 0.25) is 0 Å². The van der Waals surface area contributed by atoms with Crippen molar-refractivity contribution < 1.29 is 31.8 Å². The summed E-state index contributed by atoms with van der Waals surface area (Å²) in [5.41, 5.74) is -2.49. The second-order valence-electron chi connectivity index (χ2n) is 4.86. The van der Waals surface area contributed by atoms with Crippen LogP contribution in [0.1, 0.15) is 24.5 Å². The predicted molar refractivity (Wildman–Crippen MR) is 71.9 cm³/mol. The maximum atomic E-state index is 13.4. The number of halogens is 4. The van der Waals surface area contributed by atoms with E-state index in [1.54, 1.807) is 0 Å². The van der Waals surface area contributed by atoms with Gasteiger partial charge in [0.1, 0.15) is 5.82 Å². The molecule has 3 nitrogen and oxygen atoms in total. The Labute approximate surface area is 126 Å². The van der Waals surface area contributed by atoms with Crippen LogP contribution in [0.3, 0.4) is 0 Å². The van der Waals surface area contributed by atoms with E-state index in [-0.39, 0.29) is 5.56 Å². The van der Waals surface area contributed by atoms with Crippen LogP contribution in [-0.4, -0.2) is 32.0 Å². The van der Waals surface area contributed by atoms with E-state index < -0.39 is 30.0 Å². The number of hydrogen-bond donors (Lipinski definition) is 0. The monoisotopic (exact) mass is 322 g/mol. The molecule has 1 unspecified atom stereocenters. The molecule has 124 valence electrons. The van der Waals surface area contributed by atoms with Gasteiger partial charge in [-0.1, -0.05) is 19.4 Å². The molecule has 1 rings (SSSR count). The number of rotatable bonds is 6. The van der Waals surface area contributed by atoms with Crippen molar-refractivity contribution in [3.8, 4) is 0 Å². The van der Waals surface area contributed by atoms with Crippen molar-refractivity contribution in [2.45, 2.75) is 38.0 Å². The first-order chi connectivity index (χ1) is 10.2. The number of aryl methyl sites for hydroxylation is 1. The lowest BCUT2D eigenvalue weighted by atomic mass is 9.89. The minimum absolute atomic E-state index is 0.202.